The number of fused-ring (bicyclic) bond motifs is 2. The molecule has 0 fully saturated rings. The molecule has 4 heteroatoms. The number of hydrogen-bond acceptors (Lipinski definition) is 4. The predicted octanol–water partition coefficient (Wildman–Crippen LogP) is 4.53. The van der Waals surface area contributed by atoms with Crippen molar-refractivity contribution < 1.29 is 8.83 Å². The molecular formula is C18H16N2O2. The van der Waals surface area contributed by atoms with Crippen LogP contribution in [-0.4, -0.2) is 9.97 Å². The minimum Gasteiger partial charge on any atom is -0.441 e. The first-order chi connectivity index (χ1) is 10.9. The van der Waals surface area contributed by atoms with Crippen LogP contribution in [0.4, 0.5) is 0 Å². The Hall–Kier alpha value is -2.62. The third-order valence-electron chi connectivity index (χ3n) is 3.71. The smallest absolute Gasteiger partial charge is 0.195 e. The summed E-state index contributed by atoms with van der Waals surface area (Å²) in [5.74, 6) is 1.61. The zero-order valence-electron chi connectivity index (χ0n) is 12.2. The van der Waals surface area contributed by atoms with E-state index in [1.807, 2.05) is 48.5 Å². The van der Waals surface area contributed by atoms with Crippen LogP contribution in [0.15, 0.2) is 57.4 Å². The number of unbranched alkanes of at least 4 members (excludes halogenated alkanes) is 1. The molecule has 0 saturated carbocycles. The van der Waals surface area contributed by atoms with Crippen LogP contribution in [0.25, 0.3) is 22.2 Å². The molecule has 0 saturated heterocycles. The molecule has 4 rings (SSSR count). The number of rotatable bonds is 5. The van der Waals surface area contributed by atoms with Crippen molar-refractivity contribution >= 4 is 22.2 Å². The molecule has 4 nitrogen and oxygen atoms in total. The minimum absolute atomic E-state index is 0.804. The molecule has 0 atom stereocenters. The van der Waals surface area contributed by atoms with Crippen LogP contribution >= 0.6 is 0 Å². The highest BCUT2D eigenvalue weighted by Crippen LogP contribution is 2.18. The Morgan fingerprint density at radius 3 is 1.55 bits per heavy atom. The van der Waals surface area contributed by atoms with Gasteiger partial charge < -0.3 is 8.83 Å². The normalized spacial score (nSPS) is 11.5. The van der Waals surface area contributed by atoms with Crippen molar-refractivity contribution in [3.63, 3.8) is 0 Å². The summed E-state index contributed by atoms with van der Waals surface area (Å²) in [6.45, 7) is 0. The average molecular weight is 292 g/mol. The lowest BCUT2D eigenvalue weighted by Gasteiger charge is -1.95. The van der Waals surface area contributed by atoms with E-state index in [0.29, 0.717) is 0 Å². The van der Waals surface area contributed by atoms with Crippen molar-refractivity contribution in [2.24, 2.45) is 0 Å². The van der Waals surface area contributed by atoms with Gasteiger partial charge >= 0.3 is 0 Å². The highest BCUT2D eigenvalue weighted by Gasteiger charge is 2.07. The van der Waals surface area contributed by atoms with Gasteiger partial charge in [-0.1, -0.05) is 24.3 Å². The van der Waals surface area contributed by atoms with Gasteiger partial charge in [-0.25, -0.2) is 9.97 Å². The molecule has 0 unspecified atom stereocenters. The van der Waals surface area contributed by atoms with E-state index in [1.54, 1.807) is 0 Å². The summed E-state index contributed by atoms with van der Waals surface area (Å²) < 4.78 is 11.4. The maximum absolute atomic E-state index is 5.72. The van der Waals surface area contributed by atoms with Gasteiger partial charge in [0, 0.05) is 12.8 Å². The Morgan fingerprint density at radius 1 is 0.636 bits per heavy atom. The fraction of sp³-hybridized carbons (Fsp3) is 0.222. The first-order valence-electron chi connectivity index (χ1n) is 7.57. The van der Waals surface area contributed by atoms with E-state index in [9.17, 15) is 0 Å². The number of hydrogen-bond donors (Lipinski definition) is 0. The highest BCUT2D eigenvalue weighted by molar-refractivity contribution is 5.72. The van der Waals surface area contributed by atoms with Gasteiger partial charge in [0.05, 0.1) is 0 Å². The second-order valence-electron chi connectivity index (χ2n) is 5.36. The lowest BCUT2D eigenvalue weighted by molar-refractivity contribution is 0.490. The second kappa shape index (κ2) is 5.64. The van der Waals surface area contributed by atoms with Gasteiger partial charge in [-0.2, -0.15) is 0 Å². The van der Waals surface area contributed by atoms with Crippen LogP contribution in [0.1, 0.15) is 24.6 Å². The van der Waals surface area contributed by atoms with Crippen LogP contribution in [0.3, 0.4) is 0 Å². The van der Waals surface area contributed by atoms with E-state index in [2.05, 4.69) is 9.97 Å². The molecule has 110 valence electrons. The van der Waals surface area contributed by atoms with E-state index in [4.69, 9.17) is 8.83 Å². The summed E-state index contributed by atoms with van der Waals surface area (Å²) in [6, 6.07) is 15.7. The van der Waals surface area contributed by atoms with E-state index in [0.717, 1.165) is 59.7 Å². The molecule has 0 aliphatic rings. The summed E-state index contributed by atoms with van der Waals surface area (Å²) in [7, 11) is 0. The molecule has 0 amide bonds. The SMILES string of the molecule is c1ccc2oc(CCCCc3nc4ccccc4o3)nc2c1. The number of para-hydroxylation sites is 4. The second-order valence-corrected chi connectivity index (χ2v) is 5.36. The minimum atomic E-state index is 0.804. The summed E-state index contributed by atoms with van der Waals surface area (Å²) in [6.07, 6.45) is 3.70. The van der Waals surface area contributed by atoms with Crippen LogP contribution in [0, 0.1) is 0 Å². The van der Waals surface area contributed by atoms with Gasteiger partial charge in [-0.15, -0.1) is 0 Å². The van der Waals surface area contributed by atoms with Crippen molar-refractivity contribution in [2.45, 2.75) is 25.7 Å². The van der Waals surface area contributed by atoms with E-state index in [-0.39, 0.29) is 0 Å². The van der Waals surface area contributed by atoms with Gasteiger partial charge in [0.2, 0.25) is 0 Å². The largest absolute Gasteiger partial charge is 0.441 e. The molecule has 2 aromatic heterocycles. The third-order valence-corrected chi connectivity index (χ3v) is 3.71. The predicted molar refractivity (Wildman–Crippen MR) is 84.7 cm³/mol. The number of aryl methyl sites for hydroxylation is 2. The molecule has 4 aromatic rings. The van der Waals surface area contributed by atoms with Gasteiger partial charge in [-0.3, -0.25) is 0 Å². The Bertz CT molecular complexity index is 765. The number of aromatic nitrogens is 2. The molecule has 22 heavy (non-hydrogen) atoms. The summed E-state index contributed by atoms with van der Waals surface area (Å²) in [5, 5.41) is 0. The van der Waals surface area contributed by atoms with Gasteiger partial charge in [0.25, 0.3) is 0 Å². The summed E-state index contributed by atoms with van der Waals surface area (Å²) in [5.41, 5.74) is 3.57. The van der Waals surface area contributed by atoms with Crippen molar-refractivity contribution in [2.75, 3.05) is 0 Å². The van der Waals surface area contributed by atoms with Crippen LogP contribution in [0.5, 0.6) is 0 Å². The lowest BCUT2D eigenvalue weighted by atomic mass is 10.2. The highest BCUT2D eigenvalue weighted by atomic mass is 16.4. The standard InChI is InChI=1S/C18H16N2O2/c1-3-9-15-13(7-1)19-17(21-15)11-5-6-12-18-20-14-8-2-4-10-16(14)22-18/h1-4,7-10H,5-6,11-12H2. The lowest BCUT2D eigenvalue weighted by Crippen LogP contribution is -1.89. The Balaban J connectivity index is 1.35. The van der Waals surface area contributed by atoms with E-state index < -0.39 is 0 Å². The van der Waals surface area contributed by atoms with Crippen molar-refractivity contribution in [3.05, 3.63) is 60.3 Å². The fourth-order valence-electron chi connectivity index (χ4n) is 2.61. The molecule has 0 aliphatic heterocycles. The van der Waals surface area contributed by atoms with E-state index in [1.165, 1.54) is 0 Å². The maximum atomic E-state index is 5.72. The zero-order valence-corrected chi connectivity index (χ0v) is 12.2. The number of nitrogens with zero attached hydrogens (tertiary/aromatic N) is 2. The Morgan fingerprint density at radius 2 is 1.09 bits per heavy atom. The van der Waals surface area contributed by atoms with Crippen molar-refractivity contribution in [3.8, 4) is 0 Å². The Kier molecular flexibility index (Phi) is 3.35. The molecule has 0 radical (unpaired) electrons. The molecule has 2 heterocycles. The monoisotopic (exact) mass is 292 g/mol. The first-order valence-corrected chi connectivity index (χ1v) is 7.57. The zero-order chi connectivity index (χ0) is 14.8. The van der Waals surface area contributed by atoms with Crippen LogP contribution in [0.2, 0.25) is 0 Å². The maximum Gasteiger partial charge on any atom is 0.195 e. The molecule has 2 aromatic carbocycles. The molecular weight excluding hydrogens is 276 g/mol. The van der Waals surface area contributed by atoms with Gasteiger partial charge in [0.15, 0.2) is 22.9 Å². The summed E-state index contributed by atoms with van der Waals surface area (Å²) in [4.78, 5) is 8.97. The van der Waals surface area contributed by atoms with Crippen LogP contribution < -0.4 is 0 Å². The molecule has 0 spiro atoms. The van der Waals surface area contributed by atoms with E-state index >= 15 is 0 Å². The van der Waals surface area contributed by atoms with Crippen LogP contribution in [-0.2, 0) is 12.8 Å². The number of oxazole rings is 2. The molecule has 0 bridgehead atoms. The first kappa shape index (κ1) is 13.1. The van der Waals surface area contributed by atoms with Gasteiger partial charge in [0.1, 0.15) is 11.0 Å². The summed E-state index contributed by atoms with van der Waals surface area (Å²) >= 11 is 0. The van der Waals surface area contributed by atoms with Gasteiger partial charge in [-0.05, 0) is 37.1 Å². The quantitative estimate of drug-likeness (QED) is 0.507. The molecule has 0 N–H and O–H groups in total. The third kappa shape index (κ3) is 2.60. The molecule has 0 aliphatic carbocycles. The topological polar surface area (TPSA) is 52.1 Å². The Labute approximate surface area is 127 Å². The fourth-order valence-corrected chi connectivity index (χ4v) is 2.61. The number of benzene rings is 2. The van der Waals surface area contributed by atoms with Crippen molar-refractivity contribution in [1.29, 1.82) is 0 Å². The van der Waals surface area contributed by atoms with Crippen molar-refractivity contribution in [1.82, 2.24) is 9.97 Å². The average Bonchev–Trinajstić information content (AvgIpc) is 3.14.